The van der Waals surface area contributed by atoms with Gasteiger partial charge in [0.15, 0.2) is 0 Å². The van der Waals surface area contributed by atoms with Crippen molar-refractivity contribution >= 4 is 34.8 Å². The first kappa shape index (κ1) is 21.5. The van der Waals surface area contributed by atoms with Gasteiger partial charge in [-0.3, -0.25) is 15.1 Å². The molecular formula is C20H17Cl2F3N2O2. The Morgan fingerprint density at radius 1 is 1.14 bits per heavy atom. The molecule has 0 aromatic heterocycles. The molecule has 0 fully saturated rings. The number of amides is 1. The molecule has 1 unspecified atom stereocenters. The van der Waals surface area contributed by atoms with Crippen molar-refractivity contribution in [1.82, 2.24) is 10.8 Å². The lowest BCUT2D eigenvalue weighted by Gasteiger charge is -2.28. The Morgan fingerprint density at radius 3 is 2.31 bits per heavy atom. The van der Waals surface area contributed by atoms with E-state index in [0.717, 1.165) is 11.6 Å². The number of hydroxylamine groups is 1. The van der Waals surface area contributed by atoms with Crippen LogP contribution in [0.5, 0.6) is 0 Å². The van der Waals surface area contributed by atoms with Crippen LogP contribution in [0.3, 0.4) is 0 Å². The Bertz CT molecular complexity index is 925. The molecule has 1 amide bonds. The molecule has 2 aromatic carbocycles. The van der Waals surface area contributed by atoms with Crippen LogP contribution in [0.25, 0.3) is 5.70 Å². The van der Waals surface area contributed by atoms with Crippen molar-refractivity contribution in [2.45, 2.75) is 31.7 Å². The second kappa shape index (κ2) is 8.26. The van der Waals surface area contributed by atoms with E-state index < -0.39 is 11.8 Å². The highest BCUT2D eigenvalue weighted by atomic mass is 35.5. The summed E-state index contributed by atoms with van der Waals surface area (Å²) in [5.41, 5.74) is 0.876. The third-order valence-electron chi connectivity index (χ3n) is 4.46. The fourth-order valence-corrected chi connectivity index (χ4v) is 3.41. The summed E-state index contributed by atoms with van der Waals surface area (Å²) >= 11 is 11.8. The first-order valence-electron chi connectivity index (χ1n) is 8.71. The number of hydrogen-bond acceptors (Lipinski definition) is 3. The standard InChI is InChI=1S/C20H17Cl2F3N2O2/c1-2-18(28)26-11-12-3-5-13(6-4-12)17-10-19(29-27-17,20(23,24)25)14-7-15(21)9-16(22)8-14/h3-10,27H,2,11H2,1H3,(H,26,28). The van der Waals surface area contributed by atoms with E-state index in [2.05, 4.69) is 10.8 Å². The predicted molar refractivity (Wildman–Crippen MR) is 105 cm³/mol. The molecule has 2 N–H and O–H groups in total. The highest BCUT2D eigenvalue weighted by Gasteiger charge is 2.59. The smallest absolute Gasteiger partial charge is 0.352 e. The minimum atomic E-state index is -4.76. The van der Waals surface area contributed by atoms with Gasteiger partial charge < -0.3 is 5.32 Å². The maximum atomic E-state index is 14.0. The SMILES string of the molecule is CCC(=O)NCc1ccc(C2=CC(c3cc(Cl)cc(Cl)c3)(C(F)(F)F)ON2)cc1. The summed E-state index contributed by atoms with van der Waals surface area (Å²) in [6, 6.07) is 10.4. The van der Waals surface area contributed by atoms with E-state index in [0.29, 0.717) is 18.5 Å². The van der Waals surface area contributed by atoms with Crippen molar-refractivity contribution < 1.29 is 22.8 Å². The summed E-state index contributed by atoms with van der Waals surface area (Å²) in [4.78, 5) is 16.4. The number of hydrogen-bond donors (Lipinski definition) is 2. The van der Waals surface area contributed by atoms with Crippen LogP contribution in [0, 0.1) is 0 Å². The molecule has 3 rings (SSSR count). The van der Waals surface area contributed by atoms with Gasteiger partial charge in [-0.2, -0.15) is 13.2 Å². The van der Waals surface area contributed by atoms with Gasteiger partial charge in [0.2, 0.25) is 11.5 Å². The summed E-state index contributed by atoms with van der Waals surface area (Å²) in [6.07, 6.45) is -3.43. The molecule has 0 bridgehead atoms. The zero-order valence-corrected chi connectivity index (χ0v) is 16.8. The zero-order valence-electron chi connectivity index (χ0n) is 15.2. The molecule has 0 aliphatic carbocycles. The van der Waals surface area contributed by atoms with Gasteiger partial charge in [0.05, 0.1) is 5.70 Å². The molecule has 2 aromatic rings. The number of benzene rings is 2. The lowest BCUT2D eigenvalue weighted by Crippen LogP contribution is -2.42. The monoisotopic (exact) mass is 444 g/mol. The number of alkyl halides is 3. The third-order valence-corrected chi connectivity index (χ3v) is 4.89. The van der Waals surface area contributed by atoms with Gasteiger partial charge >= 0.3 is 6.18 Å². The number of rotatable bonds is 5. The molecule has 154 valence electrons. The molecule has 29 heavy (non-hydrogen) atoms. The normalized spacial score (nSPS) is 18.9. The molecule has 9 heteroatoms. The Labute approximate surface area is 175 Å². The van der Waals surface area contributed by atoms with Crippen LogP contribution in [0.4, 0.5) is 13.2 Å². The molecule has 1 atom stereocenters. The van der Waals surface area contributed by atoms with Gasteiger partial charge in [0.1, 0.15) is 0 Å². The lowest BCUT2D eigenvalue weighted by molar-refractivity contribution is -0.269. The van der Waals surface area contributed by atoms with Crippen LogP contribution >= 0.6 is 23.2 Å². The van der Waals surface area contributed by atoms with Gasteiger partial charge in [-0.15, -0.1) is 0 Å². The van der Waals surface area contributed by atoms with Gasteiger partial charge in [0.25, 0.3) is 0 Å². The molecule has 1 aliphatic heterocycles. The summed E-state index contributed by atoms with van der Waals surface area (Å²) in [5, 5.41) is 2.87. The summed E-state index contributed by atoms with van der Waals surface area (Å²) in [5.74, 6) is -0.0854. The van der Waals surface area contributed by atoms with E-state index in [-0.39, 0.29) is 27.2 Å². The topological polar surface area (TPSA) is 50.4 Å². The highest BCUT2D eigenvalue weighted by molar-refractivity contribution is 6.34. The Hall–Kier alpha value is -2.22. The minimum Gasteiger partial charge on any atom is -0.352 e. The number of carbonyl (C=O) groups is 1. The van der Waals surface area contributed by atoms with Crippen LogP contribution < -0.4 is 10.8 Å². The van der Waals surface area contributed by atoms with Crippen molar-refractivity contribution in [3.63, 3.8) is 0 Å². The molecule has 0 radical (unpaired) electrons. The van der Waals surface area contributed by atoms with E-state index in [4.69, 9.17) is 28.0 Å². The third kappa shape index (κ3) is 4.52. The highest BCUT2D eigenvalue weighted by Crippen LogP contribution is 2.48. The largest absolute Gasteiger partial charge is 0.428 e. The summed E-state index contributed by atoms with van der Waals surface area (Å²) in [7, 11) is 0. The fourth-order valence-electron chi connectivity index (χ4n) is 2.88. The van der Waals surface area contributed by atoms with E-state index >= 15 is 0 Å². The molecule has 0 spiro atoms. The van der Waals surface area contributed by atoms with Crippen molar-refractivity contribution in [3.8, 4) is 0 Å². The van der Waals surface area contributed by atoms with Crippen molar-refractivity contribution in [1.29, 1.82) is 0 Å². The Balaban J connectivity index is 1.92. The molecule has 1 aliphatic rings. The summed E-state index contributed by atoms with van der Waals surface area (Å²) < 4.78 is 42.0. The molecule has 4 nitrogen and oxygen atoms in total. The molecule has 0 saturated heterocycles. The minimum absolute atomic E-state index is 0.0695. The number of carbonyl (C=O) groups excluding carboxylic acids is 1. The van der Waals surface area contributed by atoms with Crippen LogP contribution in [0.1, 0.15) is 30.0 Å². The fraction of sp³-hybridized carbons (Fsp3) is 0.250. The van der Waals surface area contributed by atoms with Crippen LogP contribution in [0.2, 0.25) is 10.0 Å². The van der Waals surface area contributed by atoms with E-state index in [1.165, 1.54) is 18.2 Å². The number of nitrogens with one attached hydrogen (secondary N) is 2. The van der Waals surface area contributed by atoms with E-state index in [1.54, 1.807) is 31.2 Å². The van der Waals surface area contributed by atoms with Gasteiger partial charge in [-0.25, -0.2) is 0 Å². The van der Waals surface area contributed by atoms with Crippen LogP contribution in [0.15, 0.2) is 48.5 Å². The quantitative estimate of drug-likeness (QED) is 0.652. The molecular weight excluding hydrogens is 428 g/mol. The van der Waals surface area contributed by atoms with Crippen LogP contribution in [-0.2, 0) is 21.8 Å². The average molecular weight is 445 g/mol. The molecule has 0 saturated carbocycles. The Kier molecular flexibility index (Phi) is 6.12. The van der Waals surface area contributed by atoms with Crippen molar-refractivity contribution in [3.05, 3.63) is 75.3 Å². The second-order valence-electron chi connectivity index (χ2n) is 6.48. The zero-order chi connectivity index (χ0) is 21.2. The first-order valence-corrected chi connectivity index (χ1v) is 9.46. The summed E-state index contributed by atoms with van der Waals surface area (Å²) in [6.45, 7) is 2.08. The number of halogens is 5. The van der Waals surface area contributed by atoms with Crippen molar-refractivity contribution in [2.24, 2.45) is 0 Å². The first-order chi connectivity index (χ1) is 13.6. The lowest BCUT2D eigenvalue weighted by atomic mass is 9.91. The average Bonchev–Trinajstić information content (AvgIpc) is 3.12. The van der Waals surface area contributed by atoms with E-state index in [1.807, 2.05) is 0 Å². The second-order valence-corrected chi connectivity index (χ2v) is 7.35. The van der Waals surface area contributed by atoms with Gasteiger partial charge in [0, 0.05) is 28.6 Å². The predicted octanol–water partition coefficient (Wildman–Crippen LogP) is 5.35. The van der Waals surface area contributed by atoms with Crippen molar-refractivity contribution in [2.75, 3.05) is 0 Å². The maximum Gasteiger partial charge on any atom is 0.428 e. The van der Waals surface area contributed by atoms with Crippen LogP contribution in [-0.4, -0.2) is 12.1 Å². The maximum absolute atomic E-state index is 14.0. The van der Waals surface area contributed by atoms with Gasteiger partial charge in [-0.05, 0) is 35.4 Å². The Morgan fingerprint density at radius 2 is 1.76 bits per heavy atom. The van der Waals surface area contributed by atoms with E-state index in [9.17, 15) is 18.0 Å². The molecule has 1 heterocycles. The van der Waals surface area contributed by atoms with Gasteiger partial charge in [-0.1, -0.05) is 54.4 Å².